The van der Waals surface area contributed by atoms with E-state index < -0.39 is 0 Å². The molecule has 0 aliphatic carbocycles. The van der Waals surface area contributed by atoms with E-state index in [0.717, 1.165) is 41.6 Å². The van der Waals surface area contributed by atoms with Crippen molar-refractivity contribution in [2.75, 3.05) is 11.9 Å². The van der Waals surface area contributed by atoms with E-state index >= 15 is 0 Å². The van der Waals surface area contributed by atoms with Gasteiger partial charge in [0.05, 0.1) is 6.61 Å². The maximum absolute atomic E-state index is 6.12. The van der Waals surface area contributed by atoms with E-state index in [1.807, 2.05) is 37.3 Å². The van der Waals surface area contributed by atoms with Crippen LogP contribution < -0.4 is 10.1 Å². The van der Waals surface area contributed by atoms with Crippen molar-refractivity contribution in [1.82, 2.24) is 0 Å². The first-order valence-corrected chi connectivity index (χ1v) is 7.29. The Hall–Kier alpha value is -1.67. The van der Waals surface area contributed by atoms with Crippen LogP contribution >= 0.6 is 11.6 Å². The number of benzene rings is 2. The maximum atomic E-state index is 6.12. The van der Waals surface area contributed by atoms with E-state index in [1.165, 1.54) is 5.56 Å². The summed E-state index contributed by atoms with van der Waals surface area (Å²) in [6.45, 7) is 5.63. The van der Waals surface area contributed by atoms with E-state index in [1.54, 1.807) is 0 Å². The highest BCUT2D eigenvalue weighted by atomic mass is 35.5. The molecule has 0 heterocycles. The normalized spacial score (nSPS) is 10.3. The highest BCUT2D eigenvalue weighted by Gasteiger charge is 2.02. The highest BCUT2D eigenvalue weighted by Crippen LogP contribution is 2.23. The first kappa shape index (κ1) is 14.7. The predicted molar refractivity (Wildman–Crippen MR) is 85.7 cm³/mol. The van der Waals surface area contributed by atoms with Crippen LogP contribution in [0.15, 0.2) is 42.5 Å². The SMILES string of the molecule is CCCOc1cccc(CNc2cccc(Cl)c2C)c1. The van der Waals surface area contributed by atoms with Gasteiger partial charge in [-0.25, -0.2) is 0 Å². The van der Waals surface area contributed by atoms with Crippen molar-refractivity contribution in [3.05, 3.63) is 58.6 Å². The van der Waals surface area contributed by atoms with E-state index in [4.69, 9.17) is 16.3 Å². The second kappa shape index (κ2) is 7.20. The van der Waals surface area contributed by atoms with Crippen LogP contribution in [0.5, 0.6) is 5.75 Å². The van der Waals surface area contributed by atoms with Crippen LogP contribution in [0.4, 0.5) is 5.69 Å². The zero-order valence-electron chi connectivity index (χ0n) is 11.9. The summed E-state index contributed by atoms with van der Waals surface area (Å²) < 4.78 is 5.64. The molecule has 0 aromatic heterocycles. The lowest BCUT2D eigenvalue weighted by atomic mass is 10.1. The van der Waals surface area contributed by atoms with Crippen molar-refractivity contribution in [2.24, 2.45) is 0 Å². The van der Waals surface area contributed by atoms with Crippen molar-refractivity contribution in [3.8, 4) is 5.75 Å². The summed E-state index contributed by atoms with van der Waals surface area (Å²) in [6.07, 6.45) is 1.02. The molecule has 2 nitrogen and oxygen atoms in total. The summed E-state index contributed by atoms with van der Waals surface area (Å²) in [5.74, 6) is 0.925. The minimum absolute atomic E-state index is 0.754. The molecule has 0 atom stereocenters. The number of hydrogen-bond donors (Lipinski definition) is 1. The molecular formula is C17H20ClNO. The topological polar surface area (TPSA) is 21.3 Å². The summed E-state index contributed by atoms with van der Waals surface area (Å²) in [5, 5.41) is 4.20. The second-order valence-electron chi connectivity index (χ2n) is 4.76. The Labute approximate surface area is 125 Å². The number of anilines is 1. The molecule has 0 amide bonds. The molecule has 0 bridgehead atoms. The third kappa shape index (κ3) is 3.91. The maximum Gasteiger partial charge on any atom is 0.119 e. The van der Waals surface area contributed by atoms with Crippen molar-refractivity contribution < 1.29 is 4.74 Å². The van der Waals surface area contributed by atoms with Crippen LogP contribution in [0, 0.1) is 6.92 Å². The quantitative estimate of drug-likeness (QED) is 0.803. The number of rotatable bonds is 6. The Kier molecular flexibility index (Phi) is 5.31. The van der Waals surface area contributed by atoms with E-state index in [2.05, 4.69) is 24.4 Å². The third-order valence-electron chi connectivity index (χ3n) is 3.12. The number of ether oxygens (including phenoxy) is 1. The zero-order valence-corrected chi connectivity index (χ0v) is 12.7. The lowest BCUT2D eigenvalue weighted by molar-refractivity contribution is 0.317. The largest absolute Gasteiger partial charge is 0.494 e. The average Bonchev–Trinajstić information content (AvgIpc) is 2.47. The highest BCUT2D eigenvalue weighted by molar-refractivity contribution is 6.31. The van der Waals surface area contributed by atoms with Gasteiger partial charge in [-0.05, 0) is 48.7 Å². The van der Waals surface area contributed by atoms with E-state index in [9.17, 15) is 0 Å². The predicted octanol–water partition coefficient (Wildman–Crippen LogP) is 5.05. The summed E-state index contributed by atoms with van der Waals surface area (Å²) in [5.41, 5.74) is 3.34. The standard InChI is InChI=1S/C17H20ClNO/c1-3-10-20-15-7-4-6-14(11-15)12-19-17-9-5-8-16(18)13(17)2/h4-9,11,19H,3,10,12H2,1-2H3. The van der Waals surface area contributed by atoms with Crippen LogP contribution in [-0.2, 0) is 6.54 Å². The van der Waals surface area contributed by atoms with Gasteiger partial charge < -0.3 is 10.1 Å². The molecule has 3 heteroatoms. The van der Waals surface area contributed by atoms with E-state index in [0.29, 0.717) is 0 Å². The minimum Gasteiger partial charge on any atom is -0.494 e. The van der Waals surface area contributed by atoms with Gasteiger partial charge in [0.15, 0.2) is 0 Å². The summed E-state index contributed by atoms with van der Waals surface area (Å²) in [6, 6.07) is 14.1. The molecular weight excluding hydrogens is 270 g/mol. The van der Waals surface area contributed by atoms with Gasteiger partial charge in [0.25, 0.3) is 0 Å². The third-order valence-corrected chi connectivity index (χ3v) is 3.53. The fourth-order valence-electron chi connectivity index (χ4n) is 1.96. The zero-order chi connectivity index (χ0) is 14.4. The first-order valence-electron chi connectivity index (χ1n) is 6.91. The van der Waals surface area contributed by atoms with Crippen LogP contribution in [0.25, 0.3) is 0 Å². The molecule has 106 valence electrons. The molecule has 2 aromatic rings. The Morgan fingerprint density at radius 2 is 1.95 bits per heavy atom. The van der Waals surface area contributed by atoms with Crippen LogP contribution in [0.3, 0.4) is 0 Å². The number of nitrogens with one attached hydrogen (secondary N) is 1. The van der Waals surface area contributed by atoms with Gasteiger partial charge in [0.1, 0.15) is 5.75 Å². The van der Waals surface area contributed by atoms with Crippen molar-refractivity contribution >= 4 is 17.3 Å². The summed E-state index contributed by atoms with van der Waals surface area (Å²) >= 11 is 6.12. The van der Waals surface area contributed by atoms with Gasteiger partial charge in [0, 0.05) is 17.3 Å². The molecule has 0 saturated heterocycles. The van der Waals surface area contributed by atoms with Gasteiger partial charge in [0.2, 0.25) is 0 Å². The summed E-state index contributed by atoms with van der Waals surface area (Å²) in [7, 11) is 0. The van der Waals surface area contributed by atoms with Crippen LogP contribution in [0.1, 0.15) is 24.5 Å². The molecule has 2 rings (SSSR count). The lowest BCUT2D eigenvalue weighted by Gasteiger charge is -2.11. The molecule has 20 heavy (non-hydrogen) atoms. The Morgan fingerprint density at radius 1 is 1.15 bits per heavy atom. The van der Waals surface area contributed by atoms with Gasteiger partial charge in [-0.1, -0.05) is 36.7 Å². The van der Waals surface area contributed by atoms with E-state index in [-0.39, 0.29) is 0 Å². The van der Waals surface area contributed by atoms with Gasteiger partial charge >= 0.3 is 0 Å². The Bertz CT molecular complexity index is 569. The monoisotopic (exact) mass is 289 g/mol. The van der Waals surface area contributed by atoms with Crippen molar-refractivity contribution in [1.29, 1.82) is 0 Å². The fourth-order valence-corrected chi connectivity index (χ4v) is 2.14. The molecule has 2 aromatic carbocycles. The fraction of sp³-hybridized carbons (Fsp3) is 0.294. The van der Waals surface area contributed by atoms with Crippen LogP contribution in [0.2, 0.25) is 5.02 Å². The first-order chi connectivity index (χ1) is 9.70. The molecule has 0 fully saturated rings. The molecule has 0 aliphatic heterocycles. The molecule has 1 N–H and O–H groups in total. The summed E-state index contributed by atoms with van der Waals surface area (Å²) in [4.78, 5) is 0. The average molecular weight is 290 g/mol. The van der Waals surface area contributed by atoms with Gasteiger partial charge in [-0.3, -0.25) is 0 Å². The van der Waals surface area contributed by atoms with Crippen molar-refractivity contribution in [3.63, 3.8) is 0 Å². The smallest absolute Gasteiger partial charge is 0.119 e. The molecule has 0 radical (unpaired) electrons. The lowest BCUT2D eigenvalue weighted by Crippen LogP contribution is -2.02. The molecule has 0 unspecified atom stereocenters. The van der Waals surface area contributed by atoms with Gasteiger partial charge in [-0.2, -0.15) is 0 Å². The Morgan fingerprint density at radius 3 is 2.75 bits per heavy atom. The molecule has 0 saturated carbocycles. The number of halogens is 1. The second-order valence-corrected chi connectivity index (χ2v) is 5.17. The van der Waals surface area contributed by atoms with Crippen LogP contribution in [-0.4, -0.2) is 6.61 Å². The minimum atomic E-state index is 0.754. The molecule has 0 aliphatic rings. The number of hydrogen-bond acceptors (Lipinski definition) is 2. The van der Waals surface area contributed by atoms with Gasteiger partial charge in [-0.15, -0.1) is 0 Å². The van der Waals surface area contributed by atoms with Crippen molar-refractivity contribution in [2.45, 2.75) is 26.8 Å². The Balaban J connectivity index is 2.01. The molecule has 0 spiro atoms.